The van der Waals surface area contributed by atoms with Crippen molar-refractivity contribution >= 4 is 0 Å². The number of halogens is 1. The molecule has 0 aliphatic carbocycles. The molecule has 68 valence electrons. The van der Waals surface area contributed by atoms with E-state index < -0.39 is 0 Å². The number of benzene rings is 1. The zero-order chi connectivity index (χ0) is 9.10. The van der Waals surface area contributed by atoms with Gasteiger partial charge >= 0.3 is 0 Å². The number of allylic oxidation sites excluding steroid dienone is 1. The van der Waals surface area contributed by atoms with E-state index in [-0.39, 0.29) is 11.9 Å². The van der Waals surface area contributed by atoms with Crippen LogP contribution in [0.4, 0.5) is 4.39 Å². The van der Waals surface area contributed by atoms with Crippen LogP contribution in [0, 0.1) is 5.82 Å². The molecule has 0 aromatic heterocycles. The third-order valence-electron chi connectivity index (χ3n) is 2.18. The first-order valence-corrected chi connectivity index (χ1v) is 4.42. The molecule has 1 aromatic carbocycles. The molecule has 0 saturated carbocycles. The van der Waals surface area contributed by atoms with Crippen LogP contribution in [0.25, 0.3) is 0 Å². The molecule has 0 amide bonds. The number of rotatable bonds is 1. The summed E-state index contributed by atoms with van der Waals surface area (Å²) in [7, 11) is 0. The maximum atomic E-state index is 12.6. The maximum absolute atomic E-state index is 12.6. The molecule has 0 radical (unpaired) electrons. The standard InChI is InChI=1S/C11H11FO/c12-10-6-4-9(5-7-10)11-3-1-2-8-13-11/h2,4-8,11H,1,3H2. The van der Waals surface area contributed by atoms with E-state index in [1.54, 1.807) is 18.4 Å². The summed E-state index contributed by atoms with van der Waals surface area (Å²) in [6.45, 7) is 0. The highest BCUT2D eigenvalue weighted by Crippen LogP contribution is 2.26. The van der Waals surface area contributed by atoms with Crippen molar-refractivity contribution in [1.82, 2.24) is 0 Å². The van der Waals surface area contributed by atoms with Gasteiger partial charge in [-0.3, -0.25) is 0 Å². The summed E-state index contributed by atoms with van der Waals surface area (Å²) in [5, 5.41) is 0. The van der Waals surface area contributed by atoms with Crippen molar-refractivity contribution in [3.8, 4) is 0 Å². The third-order valence-corrected chi connectivity index (χ3v) is 2.18. The summed E-state index contributed by atoms with van der Waals surface area (Å²) in [6, 6.07) is 6.49. The Bertz CT molecular complexity index is 302. The lowest BCUT2D eigenvalue weighted by atomic mass is 10.0. The van der Waals surface area contributed by atoms with Crippen molar-refractivity contribution in [1.29, 1.82) is 0 Å². The van der Waals surface area contributed by atoms with E-state index in [1.807, 2.05) is 6.08 Å². The van der Waals surface area contributed by atoms with Crippen LogP contribution in [-0.4, -0.2) is 0 Å². The quantitative estimate of drug-likeness (QED) is 0.641. The fourth-order valence-corrected chi connectivity index (χ4v) is 1.46. The minimum Gasteiger partial charge on any atom is -0.494 e. The molecule has 0 bridgehead atoms. The van der Waals surface area contributed by atoms with Gasteiger partial charge in [-0.15, -0.1) is 0 Å². The van der Waals surface area contributed by atoms with E-state index >= 15 is 0 Å². The summed E-state index contributed by atoms with van der Waals surface area (Å²) < 4.78 is 18.0. The van der Waals surface area contributed by atoms with Gasteiger partial charge in [0.25, 0.3) is 0 Å². The second-order valence-electron chi connectivity index (χ2n) is 3.13. The van der Waals surface area contributed by atoms with E-state index in [0.29, 0.717) is 0 Å². The number of hydrogen-bond donors (Lipinski definition) is 0. The molecule has 2 heteroatoms. The Balaban J connectivity index is 2.15. The first-order chi connectivity index (χ1) is 6.36. The second-order valence-corrected chi connectivity index (χ2v) is 3.13. The summed E-state index contributed by atoms with van der Waals surface area (Å²) in [6.07, 6.45) is 5.83. The average molecular weight is 178 g/mol. The van der Waals surface area contributed by atoms with Gasteiger partial charge in [-0.05, 0) is 36.6 Å². The number of ether oxygens (including phenoxy) is 1. The monoisotopic (exact) mass is 178 g/mol. The topological polar surface area (TPSA) is 9.23 Å². The summed E-state index contributed by atoms with van der Waals surface area (Å²) >= 11 is 0. The Morgan fingerprint density at radius 2 is 2.00 bits per heavy atom. The molecule has 0 saturated heterocycles. The average Bonchev–Trinajstić information content (AvgIpc) is 2.20. The molecule has 1 unspecified atom stereocenters. The Labute approximate surface area is 76.8 Å². The fraction of sp³-hybridized carbons (Fsp3) is 0.273. The zero-order valence-electron chi connectivity index (χ0n) is 7.24. The Morgan fingerprint density at radius 3 is 2.62 bits per heavy atom. The van der Waals surface area contributed by atoms with Gasteiger partial charge in [-0.2, -0.15) is 0 Å². The SMILES string of the molecule is Fc1ccc(C2CCC=CO2)cc1. The molecule has 0 fully saturated rings. The highest BCUT2D eigenvalue weighted by atomic mass is 19.1. The van der Waals surface area contributed by atoms with Crippen LogP contribution < -0.4 is 0 Å². The minimum atomic E-state index is -0.199. The lowest BCUT2D eigenvalue weighted by Gasteiger charge is -2.19. The van der Waals surface area contributed by atoms with Crippen LogP contribution in [0.15, 0.2) is 36.6 Å². The normalized spacial score (nSPS) is 21.2. The first kappa shape index (κ1) is 8.30. The predicted molar refractivity (Wildman–Crippen MR) is 48.6 cm³/mol. The highest BCUT2D eigenvalue weighted by Gasteiger charge is 2.12. The van der Waals surface area contributed by atoms with E-state index in [9.17, 15) is 4.39 Å². The molecule has 1 aliphatic rings. The van der Waals surface area contributed by atoms with Crippen molar-refractivity contribution in [2.75, 3.05) is 0 Å². The second kappa shape index (κ2) is 3.60. The van der Waals surface area contributed by atoms with E-state index in [1.165, 1.54) is 12.1 Å². The van der Waals surface area contributed by atoms with E-state index in [2.05, 4.69) is 0 Å². The number of hydrogen-bond acceptors (Lipinski definition) is 1. The van der Waals surface area contributed by atoms with Crippen LogP contribution in [0.2, 0.25) is 0 Å². The van der Waals surface area contributed by atoms with Crippen molar-refractivity contribution in [3.05, 3.63) is 48.0 Å². The predicted octanol–water partition coefficient (Wildman–Crippen LogP) is 3.19. The Morgan fingerprint density at radius 1 is 1.23 bits per heavy atom. The molecule has 0 spiro atoms. The maximum Gasteiger partial charge on any atom is 0.123 e. The van der Waals surface area contributed by atoms with Crippen molar-refractivity contribution in [2.24, 2.45) is 0 Å². The van der Waals surface area contributed by atoms with Gasteiger partial charge in [0.05, 0.1) is 6.26 Å². The third kappa shape index (κ3) is 1.89. The first-order valence-electron chi connectivity index (χ1n) is 4.42. The molecule has 13 heavy (non-hydrogen) atoms. The van der Waals surface area contributed by atoms with Gasteiger partial charge in [0, 0.05) is 0 Å². The lowest BCUT2D eigenvalue weighted by molar-refractivity contribution is 0.125. The fourth-order valence-electron chi connectivity index (χ4n) is 1.46. The van der Waals surface area contributed by atoms with Gasteiger partial charge in [0.1, 0.15) is 11.9 Å². The van der Waals surface area contributed by atoms with Crippen LogP contribution in [-0.2, 0) is 4.74 Å². The van der Waals surface area contributed by atoms with Crippen molar-refractivity contribution in [2.45, 2.75) is 18.9 Å². The Kier molecular flexibility index (Phi) is 2.30. The molecule has 1 heterocycles. The van der Waals surface area contributed by atoms with Gasteiger partial charge in [0.15, 0.2) is 0 Å². The molecule has 1 aliphatic heterocycles. The molecule has 1 nitrogen and oxygen atoms in total. The molecule has 1 atom stereocenters. The van der Waals surface area contributed by atoms with Crippen LogP contribution >= 0.6 is 0 Å². The van der Waals surface area contributed by atoms with Crippen molar-refractivity contribution < 1.29 is 9.13 Å². The minimum absolute atomic E-state index is 0.102. The van der Waals surface area contributed by atoms with Crippen LogP contribution in [0.1, 0.15) is 24.5 Å². The van der Waals surface area contributed by atoms with Gasteiger partial charge in [0.2, 0.25) is 0 Å². The van der Waals surface area contributed by atoms with Gasteiger partial charge in [-0.1, -0.05) is 12.1 Å². The largest absolute Gasteiger partial charge is 0.494 e. The van der Waals surface area contributed by atoms with E-state index in [0.717, 1.165) is 18.4 Å². The van der Waals surface area contributed by atoms with Gasteiger partial charge < -0.3 is 4.74 Å². The smallest absolute Gasteiger partial charge is 0.123 e. The van der Waals surface area contributed by atoms with E-state index in [4.69, 9.17) is 4.74 Å². The molecule has 0 N–H and O–H groups in total. The highest BCUT2D eigenvalue weighted by molar-refractivity contribution is 5.19. The molecule has 2 rings (SSSR count). The molecule has 1 aromatic rings. The van der Waals surface area contributed by atoms with Gasteiger partial charge in [-0.25, -0.2) is 4.39 Å². The Hall–Kier alpha value is -1.31. The summed E-state index contributed by atoms with van der Waals surface area (Å²) in [5.41, 5.74) is 1.05. The molecular weight excluding hydrogens is 167 g/mol. The summed E-state index contributed by atoms with van der Waals surface area (Å²) in [5.74, 6) is -0.199. The zero-order valence-corrected chi connectivity index (χ0v) is 7.24. The summed E-state index contributed by atoms with van der Waals surface area (Å²) in [4.78, 5) is 0. The van der Waals surface area contributed by atoms with Crippen LogP contribution in [0.5, 0.6) is 0 Å². The van der Waals surface area contributed by atoms with Crippen molar-refractivity contribution in [3.63, 3.8) is 0 Å². The molecular formula is C11H11FO. The lowest BCUT2D eigenvalue weighted by Crippen LogP contribution is -2.03. The van der Waals surface area contributed by atoms with Crippen LogP contribution in [0.3, 0.4) is 0 Å².